The van der Waals surface area contributed by atoms with E-state index < -0.39 is 0 Å². The molecule has 1 atom stereocenters. The Balaban J connectivity index is 1.60. The highest BCUT2D eigenvalue weighted by atomic mass is 79.9. The van der Waals surface area contributed by atoms with Crippen LogP contribution in [-0.2, 0) is 11.8 Å². The number of amides is 1. The van der Waals surface area contributed by atoms with E-state index in [1.165, 1.54) is 11.8 Å². The molecule has 0 saturated carbocycles. The average molecular weight is 431 g/mol. The molecule has 1 amide bonds. The first-order valence-electron chi connectivity index (χ1n) is 8.17. The van der Waals surface area contributed by atoms with Crippen molar-refractivity contribution in [3.05, 3.63) is 64.6 Å². The zero-order valence-corrected chi connectivity index (χ0v) is 16.9. The molecule has 1 aromatic heterocycles. The molecule has 0 aliphatic heterocycles. The second-order valence-electron chi connectivity index (χ2n) is 5.86. The first-order chi connectivity index (χ1) is 12.5. The quantitative estimate of drug-likeness (QED) is 0.594. The number of aromatic nitrogens is 3. The highest BCUT2D eigenvalue weighted by molar-refractivity contribution is 9.10. The summed E-state index contributed by atoms with van der Waals surface area (Å²) in [5.41, 5.74) is 2.07. The van der Waals surface area contributed by atoms with Crippen LogP contribution in [0.15, 0.2) is 64.2 Å². The summed E-state index contributed by atoms with van der Waals surface area (Å²) in [6.45, 7) is 1.98. The third kappa shape index (κ3) is 4.53. The summed E-state index contributed by atoms with van der Waals surface area (Å²) in [4.78, 5) is 12.2. The van der Waals surface area contributed by atoms with Gasteiger partial charge in [-0.2, -0.15) is 0 Å². The smallest absolute Gasteiger partial charge is 0.230 e. The number of nitrogens with one attached hydrogen (secondary N) is 1. The van der Waals surface area contributed by atoms with Gasteiger partial charge in [-0.25, -0.2) is 0 Å². The van der Waals surface area contributed by atoms with E-state index in [1.807, 2.05) is 73.1 Å². The Labute approximate surface area is 165 Å². The number of carbonyl (C=O) groups excluding carboxylic acids is 1. The molecular weight excluding hydrogens is 412 g/mol. The summed E-state index contributed by atoms with van der Waals surface area (Å²) in [7, 11) is 1.91. The zero-order valence-electron chi connectivity index (χ0n) is 14.5. The molecule has 3 rings (SSSR count). The molecule has 0 aliphatic rings. The van der Waals surface area contributed by atoms with Crippen LogP contribution in [0.25, 0.3) is 11.4 Å². The zero-order chi connectivity index (χ0) is 18.5. The molecule has 0 aliphatic carbocycles. The number of benzene rings is 2. The van der Waals surface area contributed by atoms with Gasteiger partial charge in [0.2, 0.25) is 5.91 Å². The van der Waals surface area contributed by atoms with Gasteiger partial charge >= 0.3 is 0 Å². The van der Waals surface area contributed by atoms with Crippen LogP contribution in [0.5, 0.6) is 0 Å². The third-order valence-electron chi connectivity index (χ3n) is 3.95. The van der Waals surface area contributed by atoms with Crippen molar-refractivity contribution < 1.29 is 4.79 Å². The van der Waals surface area contributed by atoms with E-state index in [9.17, 15) is 4.79 Å². The van der Waals surface area contributed by atoms with Gasteiger partial charge in [-0.3, -0.25) is 4.79 Å². The Hall–Kier alpha value is -2.12. The van der Waals surface area contributed by atoms with E-state index in [0.717, 1.165) is 21.4 Å². The standard InChI is InChI=1S/C19H19BrN4OS/c1-13(14-6-4-3-5-7-14)21-17(25)12-26-19-23-22-18(24(19)2)15-8-10-16(20)11-9-15/h3-11,13H,12H2,1-2H3,(H,21,25)/t13-/m0/s1. The van der Waals surface area contributed by atoms with Gasteiger partial charge in [-0.15, -0.1) is 10.2 Å². The second kappa shape index (κ2) is 8.51. The van der Waals surface area contributed by atoms with Gasteiger partial charge in [-0.05, 0) is 24.6 Å². The molecule has 0 bridgehead atoms. The molecule has 1 heterocycles. The molecule has 134 valence electrons. The van der Waals surface area contributed by atoms with Crippen LogP contribution in [0.1, 0.15) is 18.5 Å². The van der Waals surface area contributed by atoms with E-state index in [4.69, 9.17) is 0 Å². The first-order valence-corrected chi connectivity index (χ1v) is 9.95. The van der Waals surface area contributed by atoms with Gasteiger partial charge in [0.05, 0.1) is 11.8 Å². The fraction of sp³-hybridized carbons (Fsp3) is 0.211. The molecule has 7 heteroatoms. The lowest BCUT2D eigenvalue weighted by Gasteiger charge is -2.14. The topological polar surface area (TPSA) is 59.8 Å². The van der Waals surface area contributed by atoms with Crippen LogP contribution in [-0.4, -0.2) is 26.4 Å². The molecule has 26 heavy (non-hydrogen) atoms. The lowest BCUT2D eigenvalue weighted by atomic mass is 10.1. The molecule has 0 spiro atoms. The predicted octanol–water partition coefficient (Wildman–Crippen LogP) is 4.21. The summed E-state index contributed by atoms with van der Waals surface area (Å²) in [6.07, 6.45) is 0. The van der Waals surface area contributed by atoms with Gasteiger partial charge in [0.1, 0.15) is 0 Å². The lowest BCUT2D eigenvalue weighted by molar-refractivity contribution is -0.119. The van der Waals surface area contributed by atoms with Crippen molar-refractivity contribution in [2.45, 2.75) is 18.1 Å². The Morgan fingerprint density at radius 3 is 2.54 bits per heavy atom. The van der Waals surface area contributed by atoms with Crippen molar-refractivity contribution in [3.8, 4) is 11.4 Å². The summed E-state index contributed by atoms with van der Waals surface area (Å²) in [5, 5.41) is 12.2. The van der Waals surface area contributed by atoms with Gasteiger partial charge in [-0.1, -0.05) is 70.2 Å². The predicted molar refractivity (Wildman–Crippen MR) is 108 cm³/mol. The maximum atomic E-state index is 12.2. The van der Waals surface area contributed by atoms with Gasteiger partial charge in [0, 0.05) is 17.1 Å². The minimum absolute atomic E-state index is 0.0258. The maximum absolute atomic E-state index is 12.2. The molecular formula is C19H19BrN4OS. The summed E-state index contributed by atoms with van der Waals surface area (Å²) >= 11 is 4.81. The Morgan fingerprint density at radius 1 is 1.15 bits per heavy atom. The van der Waals surface area contributed by atoms with Gasteiger partial charge in [0.15, 0.2) is 11.0 Å². The molecule has 0 radical (unpaired) electrons. The number of thioether (sulfide) groups is 1. The van der Waals surface area contributed by atoms with Crippen LogP contribution in [0.3, 0.4) is 0 Å². The third-order valence-corrected chi connectivity index (χ3v) is 5.50. The monoisotopic (exact) mass is 430 g/mol. The van der Waals surface area contributed by atoms with Crippen molar-refractivity contribution in [2.24, 2.45) is 7.05 Å². The summed E-state index contributed by atoms with van der Waals surface area (Å²) < 4.78 is 2.92. The van der Waals surface area contributed by atoms with Crippen LogP contribution in [0.4, 0.5) is 0 Å². The molecule has 2 aromatic carbocycles. The van der Waals surface area contributed by atoms with Crippen molar-refractivity contribution in [3.63, 3.8) is 0 Å². The number of rotatable bonds is 6. The Morgan fingerprint density at radius 2 is 1.85 bits per heavy atom. The minimum Gasteiger partial charge on any atom is -0.349 e. The van der Waals surface area contributed by atoms with E-state index in [2.05, 4.69) is 31.4 Å². The molecule has 0 fully saturated rings. The highest BCUT2D eigenvalue weighted by Crippen LogP contribution is 2.24. The van der Waals surface area contributed by atoms with Crippen molar-refractivity contribution in [1.82, 2.24) is 20.1 Å². The van der Waals surface area contributed by atoms with Gasteiger partial charge in [0.25, 0.3) is 0 Å². The molecule has 5 nitrogen and oxygen atoms in total. The van der Waals surface area contributed by atoms with Crippen molar-refractivity contribution in [1.29, 1.82) is 0 Å². The normalized spacial score (nSPS) is 12.0. The number of hydrogen-bond donors (Lipinski definition) is 1. The minimum atomic E-state index is -0.0282. The number of halogens is 1. The van der Waals surface area contributed by atoms with Crippen LogP contribution in [0.2, 0.25) is 0 Å². The molecule has 0 unspecified atom stereocenters. The summed E-state index contributed by atoms with van der Waals surface area (Å²) in [5.74, 6) is 1.04. The van der Waals surface area contributed by atoms with Crippen LogP contribution >= 0.6 is 27.7 Å². The fourth-order valence-electron chi connectivity index (χ4n) is 2.53. The fourth-order valence-corrected chi connectivity index (χ4v) is 3.52. The Kier molecular flexibility index (Phi) is 6.11. The largest absolute Gasteiger partial charge is 0.349 e. The highest BCUT2D eigenvalue weighted by Gasteiger charge is 2.14. The first kappa shape index (κ1) is 18.7. The van der Waals surface area contributed by atoms with Crippen molar-refractivity contribution in [2.75, 3.05) is 5.75 Å². The number of carbonyl (C=O) groups is 1. The second-order valence-corrected chi connectivity index (χ2v) is 7.72. The van der Waals surface area contributed by atoms with Crippen LogP contribution in [0, 0.1) is 0 Å². The number of nitrogens with zero attached hydrogens (tertiary/aromatic N) is 3. The van der Waals surface area contributed by atoms with Crippen LogP contribution < -0.4 is 5.32 Å². The maximum Gasteiger partial charge on any atom is 0.230 e. The molecule has 1 N–H and O–H groups in total. The van der Waals surface area contributed by atoms with E-state index >= 15 is 0 Å². The van der Waals surface area contributed by atoms with E-state index in [-0.39, 0.29) is 11.9 Å². The van der Waals surface area contributed by atoms with E-state index in [0.29, 0.717) is 10.9 Å². The Bertz CT molecular complexity index is 880. The van der Waals surface area contributed by atoms with Crippen molar-refractivity contribution >= 4 is 33.6 Å². The van der Waals surface area contributed by atoms with E-state index in [1.54, 1.807) is 0 Å². The average Bonchev–Trinajstić information content (AvgIpc) is 3.02. The summed E-state index contributed by atoms with van der Waals surface area (Å²) in [6, 6.07) is 17.8. The number of hydrogen-bond acceptors (Lipinski definition) is 4. The molecule has 0 saturated heterocycles. The SMILES string of the molecule is C[C@H](NC(=O)CSc1nnc(-c2ccc(Br)cc2)n1C)c1ccccc1. The molecule has 3 aromatic rings. The lowest BCUT2D eigenvalue weighted by Crippen LogP contribution is -2.28. The van der Waals surface area contributed by atoms with Gasteiger partial charge < -0.3 is 9.88 Å².